The van der Waals surface area contributed by atoms with Crippen LogP contribution in [0.25, 0.3) is 0 Å². The van der Waals surface area contributed by atoms with E-state index in [1.807, 2.05) is 6.92 Å². The topological polar surface area (TPSA) is 64.4 Å². The largest absolute Gasteiger partial charge is 0.381 e. The van der Waals surface area contributed by atoms with Crippen molar-refractivity contribution >= 4 is 5.91 Å². The van der Waals surface area contributed by atoms with Crippen LogP contribution in [0.15, 0.2) is 0 Å². The second-order valence-electron chi connectivity index (χ2n) is 4.56. The van der Waals surface area contributed by atoms with Gasteiger partial charge in [0.1, 0.15) is 0 Å². The Hall–Kier alpha value is -0.610. The van der Waals surface area contributed by atoms with Crippen molar-refractivity contribution < 1.29 is 9.53 Å². The lowest BCUT2D eigenvalue weighted by Gasteiger charge is -2.35. The third kappa shape index (κ3) is 3.80. The van der Waals surface area contributed by atoms with E-state index >= 15 is 0 Å². The van der Waals surface area contributed by atoms with E-state index in [9.17, 15) is 4.79 Å². The highest BCUT2D eigenvalue weighted by Gasteiger charge is 2.30. The Balaban J connectivity index is 2.41. The molecule has 1 rings (SSSR count). The molecule has 0 aromatic rings. The zero-order chi connectivity index (χ0) is 11.3. The molecule has 0 bridgehead atoms. The molecule has 0 unspecified atom stereocenters. The molecule has 0 aliphatic carbocycles. The van der Waals surface area contributed by atoms with Crippen LogP contribution in [0.4, 0.5) is 0 Å². The normalized spacial score (nSPS) is 22.1. The molecular formula is C11H22N2O2. The number of carbonyl (C=O) groups excluding carboxylic acids is 1. The third-order valence-corrected chi connectivity index (χ3v) is 2.96. The number of hydrogen-bond donors (Lipinski definition) is 2. The Kier molecular flexibility index (Phi) is 4.54. The molecule has 1 aliphatic heterocycles. The standard InChI is InChI=1S/C11H22N2O2/c1-3-4-9(12)10(14)13-11(2)5-7-15-8-6-11/h9H,3-8,12H2,1-2H3,(H,13,14)/t9-/m0/s1. The molecule has 3 N–H and O–H groups in total. The molecule has 4 nitrogen and oxygen atoms in total. The van der Waals surface area contributed by atoms with Crippen LogP contribution in [0.2, 0.25) is 0 Å². The minimum absolute atomic E-state index is 0.0266. The van der Waals surface area contributed by atoms with Crippen molar-refractivity contribution in [3.8, 4) is 0 Å². The van der Waals surface area contributed by atoms with Crippen LogP contribution in [0, 0.1) is 0 Å². The summed E-state index contributed by atoms with van der Waals surface area (Å²) in [5.74, 6) is -0.0266. The zero-order valence-corrected chi connectivity index (χ0v) is 9.71. The maximum atomic E-state index is 11.7. The smallest absolute Gasteiger partial charge is 0.237 e. The van der Waals surface area contributed by atoms with Gasteiger partial charge in [-0.25, -0.2) is 0 Å². The van der Waals surface area contributed by atoms with Crippen molar-refractivity contribution in [2.24, 2.45) is 5.73 Å². The fourth-order valence-corrected chi connectivity index (χ4v) is 1.78. The van der Waals surface area contributed by atoms with Gasteiger partial charge in [-0.1, -0.05) is 13.3 Å². The average molecular weight is 214 g/mol. The Labute approximate surface area is 91.5 Å². The van der Waals surface area contributed by atoms with E-state index < -0.39 is 0 Å². The summed E-state index contributed by atoms with van der Waals surface area (Å²) in [5, 5.41) is 3.04. The highest BCUT2D eigenvalue weighted by atomic mass is 16.5. The van der Waals surface area contributed by atoms with Gasteiger partial charge < -0.3 is 15.8 Å². The third-order valence-electron chi connectivity index (χ3n) is 2.96. The molecule has 0 saturated carbocycles. The van der Waals surface area contributed by atoms with Crippen LogP contribution in [0.5, 0.6) is 0 Å². The minimum atomic E-state index is -0.366. The fourth-order valence-electron chi connectivity index (χ4n) is 1.78. The van der Waals surface area contributed by atoms with Gasteiger partial charge in [0.15, 0.2) is 0 Å². The molecule has 0 aromatic carbocycles. The molecule has 15 heavy (non-hydrogen) atoms. The average Bonchev–Trinajstić information content (AvgIpc) is 2.18. The van der Waals surface area contributed by atoms with E-state index in [2.05, 4.69) is 12.2 Å². The second-order valence-corrected chi connectivity index (χ2v) is 4.56. The van der Waals surface area contributed by atoms with Gasteiger partial charge in [0, 0.05) is 18.8 Å². The van der Waals surface area contributed by atoms with Crippen LogP contribution in [-0.2, 0) is 9.53 Å². The lowest BCUT2D eigenvalue weighted by molar-refractivity contribution is -0.125. The first kappa shape index (κ1) is 12.5. The van der Waals surface area contributed by atoms with Crippen LogP contribution >= 0.6 is 0 Å². The van der Waals surface area contributed by atoms with Crippen molar-refractivity contribution in [1.82, 2.24) is 5.32 Å². The van der Waals surface area contributed by atoms with Crippen molar-refractivity contribution in [2.45, 2.75) is 51.1 Å². The highest BCUT2D eigenvalue weighted by molar-refractivity contribution is 5.82. The summed E-state index contributed by atoms with van der Waals surface area (Å²) in [6, 6.07) is -0.366. The summed E-state index contributed by atoms with van der Waals surface area (Å²) in [7, 11) is 0. The monoisotopic (exact) mass is 214 g/mol. The van der Waals surface area contributed by atoms with Crippen molar-refractivity contribution in [1.29, 1.82) is 0 Å². The molecule has 1 aliphatic rings. The molecule has 4 heteroatoms. The summed E-state index contributed by atoms with van der Waals surface area (Å²) in [5.41, 5.74) is 5.64. The molecule has 1 amide bonds. The van der Waals surface area contributed by atoms with E-state index in [4.69, 9.17) is 10.5 Å². The molecule has 1 heterocycles. The second kappa shape index (κ2) is 5.47. The van der Waals surface area contributed by atoms with Crippen LogP contribution < -0.4 is 11.1 Å². The van der Waals surface area contributed by atoms with Gasteiger partial charge >= 0.3 is 0 Å². The maximum absolute atomic E-state index is 11.7. The number of hydrogen-bond acceptors (Lipinski definition) is 3. The number of carbonyl (C=O) groups is 1. The van der Waals surface area contributed by atoms with Gasteiger partial charge in [-0.3, -0.25) is 4.79 Å². The highest BCUT2D eigenvalue weighted by Crippen LogP contribution is 2.19. The van der Waals surface area contributed by atoms with Crippen molar-refractivity contribution in [3.05, 3.63) is 0 Å². The molecule has 0 radical (unpaired) electrons. The number of rotatable bonds is 4. The Bertz CT molecular complexity index is 213. The van der Waals surface area contributed by atoms with E-state index in [0.29, 0.717) is 0 Å². The molecule has 0 spiro atoms. The quantitative estimate of drug-likeness (QED) is 0.727. The maximum Gasteiger partial charge on any atom is 0.237 e. The van der Waals surface area contributed by atoms with Gasteiger partial charge in [-0.15, -0.1) is 0 Å². The van der Waals surface area contributed by atoms with E-state index in [1.54, 1.807) is 0 Å². The van der Waals surface area contributed by atoms with Gasteiger partial charge in [0.05, 0.1) is 6.04 Å². The first-order valence-electron chi connectivity index (χ1n) is 5.73. The molecule has 1 saturated heterocycles. The summed E-state index contributed by atoms with van der Waals surface area (Å²) in [6.07, 6.45) is 3.43. The number of ether oxygens (including phenoxy) is 1. The first-order valence-corrected chi connectivity index (χ1v) is 5.73. The predicted molar refractivity (Wildman–Crippen MR) is 59.5 cm³/mol. The SMILES string of the molecule is CCC[C@H](N)C(=O)NC1(C)CCOCC1. The minimum Gasteiger partial charge on any atom is -0.381 e. The predicted octanol–water partition coefficient (Wildman–Crippen LogP) is 0.799. The fraction of sp³-hybridized carbons (Fsp3) is 0.909. The van der Waals surface area contributed by atoms with E-state index in [0.717, 1.165) is 38.9 Å². The van der Waals surface area contributed by atoms with Crippen molar-refractivity contribution in [3.63, 3.8) is 0 Å². The molecule has 1 fully saturated rings. The molecule has 88 valence electrons. The number of nitrogens with two attached hydrogens (primary N) is 1. The van der Waals surface area contributed by atoms with Crippen LogP contribution in [0.1, 0.15) is 39.5 Å². The van der Waals surface area contributed by atoms with Gasteiger partial charge in [0.25, 0.3) is 0 Å². The zero-order valence-electron chi connectivity index (χ0n) is 9.71. The van der Waals surface area contributed by atoms with E-state index in [1.165, 1.54) is 0 Å². The molecule has 1 atom stereocenters. The Morgan fingerprint density at radius 2 is 2.13 bits per heavy atom. The van der Waals surface area contributed by atoms with Crippen LogP contribution in [-0.4, -0.2) is 30.7 Å². The first-order chi connectivity index (χ1) is 7.07. The summed E-state index contributed by atoms with van der Waals surface area (Å²) >= 11 is 0. The van der Waals surface area contributed by atoms with Crippen LogP contribution in [0.3, 0.4) is 0 Å². The molecular weight excluding hydrogens is 192 g/mol. The Morgan fingerprint density at radius 3 is 2.67 bits per heavy atom. The lowest BCUT2D eigenvalue weighted by Crippen LogP contribution is -2.54. The number of amides is 1. The summed E-state index contributed by atoms with van der Waals surface area (Å²) < 4.78 is 5.27. The molecule has 0 aromatic heterocycles. The van der Waals surface area contributed by atoms with Gasteiger partial charge in [0.2, 0.25) is 5.91 Å². The lowest BCUT2D eigenvalue weighted by atomic mass is 9.92. The summed E-state index contributed by atoms with van der Waals surface area (Å²) in [4.78, 5) is 11.7. The van der Waals surface area contributed by atoms with E-state index in [-0.39, 0.29) is 17.5 Å². The summed E-state index contributed by atoms with van der Waals surface area (Å²) in [6.45, 7) is 5.54. The number of nitrogens with one attached hydrogen (secondary N) is 1. The van der Waals surface area contributed by atoms with Crippen molar-refractivity contribution in [2.75, 3.05) is 13.2 Å². The van der Waals surface area contributed by atoms with Gasteiger partial charge in [-0.05, 0) is 26.2 Å². The Morgan fingerprint density at radius 1 is 1.53 bits per heavy atom. The van der Waals surface area contributed by atoms with Gasteiger partial charge in [-0.2, -0.15) is 0 Å².